The van der Waals surface area contributed by atoms with Gasteiger partial charge in [-0.25, -0.2) is 4.98 Å². The molecule has 1 aliphatic rings. The smallest absolute Gasteiger partial charge is 0.240 e. The Balaban J connectivity index is 1.46. The van der Waals surface area contributed by atoms with Crippen LogP contribution in [0.2, 0.25) is 0 Å². The summed E-state index contributed by atoms with van der Waals surface area (Å²) in [5.74, 6) is 1.74. The van der Waals surface area contributed by atoms with Crippen LogP contribution in [0, 0.1) is 6.92 Å². The Labute approximate surface area is 140 Å². The Morgan fingerprint density at radius 3 is 2.96 bits per heavy atom. The number of rotatable bonds is 3. The molecule has 122 valence electrons. The maximum atomic E-state index is 12.5. The van der Waals surface area contributed by atoms with Crippen molar-refractivity contribution < 1.29 is 9.53 Å². The molecule has 24 heavy (non-hydrogen) atoms. The Morgan fingerprint density at radius 2 is 2.04 bits per heavy atom. The molecule has 2 heterocycles. The highest BCUT2D eigenvalue weighted by Gasteiger charge is 2.21. The molecule has 0 spiro atoms. The minimum absolute atomic E-state index is 0.00231. The molecule has 0 unspecified atom stereocenters. The van der Waals surface area contributed by atoms with Gasteiger partial charge in [-0.1, -0.05) is 30.3 Å². The lowest BCUT2D eigenvalue weighted by atomic mass is 10.0. The van der Waals surface area contributed by atoms with E-state index in [9.17, 15) is 4.79 Å². The molecule has 0 fully saturated rings. The summed E-state index contributed by atoms with van der Waals surface area (Å²) >= 11 is 0. The zero-order valence-corrected chi connectivity index (χ0v) is 13.5. The molecule has 0 radical (unpaired) electrons. The van der Waals surface area contributed by atoms with Gasteiger partial charge < -0.3 is 14.6 Å². The van der Waals surface area contributed by atoms with Crippen LogP contribution in [0.4, 0.5) is 0 Å². The fraction of sp³-hybridized carbons (Fsp3) is 0.263. The van der Waals surface area contributed by atoms with Crippen LogP contribution in [0.1, 0.15) is 11.4 Å². The van der Waals surface area contributed by atoms with Crippen molar-refractivity contribution in [3.8, 4) is 5.75 Å². The standard InChI is InChI=1S/C19H19N3O2/c1-13-20-16-7-3-4-8-17(16)22(13)11-19(23)21-15-10-14-6-2-5-9-18(14)24-12-15/h2-9,15H,10-12H2,1H3,(H,21,23)/t15-/m1/s1. The Morgan fingerprint density at radius 1 is 1.25 bits per heavy atom. The number of nitrogens with zero attached hydrogens (tertiary/aromatic N) is 2. The topological polar surface area (TPSA) is 56.2 Å². The van der Waals surface area contributed by atoms with Gasteiger partial charge in [0.1, 0.15) is 24.7 Å². The van der Waals surface area contributed by atoms with Gasteiger partial charge in [0.15, 0.2) is 0 Å². The lowest BCUT2D eigenvalue weighted by molar-refractivity contribution is -0.122. The molecular weight excluding hydrogens is 302 g/mol. The van der Waals surface area contributed by atoms with Crippen LogP contribution in [0.15, 0.2) is 48.5 Å². The highest BCUT2D eigenvalue weighted by atomic mass is 16.5. The zero-order chi connectivity index (χ0) is 16.5. The van der Waals surface area contributed by atoms with Crippen LogP contribution in [0.25, 0.3) is 11.0 Å². The second kappa shape index (κ2) is 6.00. The van der Waals surface area contributed by atoms with Crippen molar-refractivity contribution in [1.82, 2.24) is 14.9 Å². The van der Waals surface area contributed by atoms with E-state index < -0.39 is 0 Å². The molecule has 5 nitrogen and oxygen atoms in total. The largest absolute Gasteiger partial charge is 0.491 e. The molecule has 0 saturated carbocycles. The van der Waals surface area contributed by atoms with E-state index in [2.05, 4.69) is 10.3 Å². The fourth-order valence-electron chi connectivity index (χ4n) is 3.23. The number of ether oxygens (including phenoxy) is 1. The maximum absolute atomic E-state index is 12.5. The van der Waals surface area contributed by atoms with Crippen molar-refractivity contribution in [2.45, 2.75) is 25.9 Å². The average molecular weight is 321 g/mol. The Bertz CT molecular complexity index is 901. The van der Waals surface area contributed by atoms with Gasteiger partial charge in [-0.3, -0.25) is 4.79 Å². The van der Waals surface area contributed by atoms with Gasteiger partial charge in [0.25, 0.3) is 0 Å². The number of carbonyl (C=O) groups is 1. The predicted molar refractivity (Wildman–Crippen MR) is 92.0 cm³/mol. The van der Waals surface area contributed by atoms with E-state index in [-0.39, 0.29) is 18.5 Å². The highest BCUT2D eigenvalue weighted by Crippen LogP contribution is 2.24. The minimum atomic E-state index is -0.0192. The first-order valence-corrected chi connectivity index (χ1v) is 8.12. The number of aryl methyl sites for hydroxylation is 1. The third-order valence-corrected chi connectivity index (χ3v) is 4.39. The van der Waals surface area contributed by atoms with Crippen LogP contribution in [0.5, 0.6) is 5.75 Å². The number of para-hydroxylation sites is 3. The lowest BCUT2D eigenvalue weighted by Crippen LogP contribution is -2.44. The molecule has 1 aliphatic heterocycles. The molecule has 5 heteroatoms. The van der Waals surface area contributed by atoms with Crippen molar-refractivity contribution in [2.75, 3.05) is 6.61 Å². The number of benzene rings is 2. The average Bonchev–Trinajstić information content (AvgIpc) is 2.90. The molecule has 2 aromatic carbocycles. The normalized spacial score (nSPS) is 16.5. The monoisotopic (exact) mass is 321 g/mol. The quantitative estimate of drug-likeness (QED) is 0.806. The van der Waals surface area contributed by atoms with Crippen LogP contribution in [-0.4, -0.2) is 28.1 Å². The summed E-state index contributed by atoms with van der Waals surface area (Å²) in [5, 5.41) is 3.08. The summed E-state index contributed by atoms with van der Waals surface area (Å²) in [7, 11) is 0. The first-order chi connectivity index (χ1) is 11.7. The van der Waals surface area contributed by atoms with Crippen molar-refractivity contribution in [1.29, 1.82) is 0 Å². The van der Waals surface area contributed by atoms with Crippen molar-refractivity contribution >= 4 is 16.9 Å². The van der Waals surface area contributed by atoms with E-state index in [0.717, 1.165) is 34.6 Å². The van der Waals surface area contributed by atoms with Gasteiger partial charge in [-0.15, -0.1) is 0 Å². The zero-order valence-electron chi connectivity index (χ0n) is 13.5. The highest BCUT2D eigenvalue weighted by molar-refractivity contribution is 5.81. The summed E-state index contributed by atoms with van der Waals surface area (Å²) in [6.07, 6.45) is 0.797. The molecule has 1 amide bonds. The molecule has 0 bridgehead atoms. The number of imidazole rings is 1. The maximum Gasteiger partial charge on any atom is 0.240 e. The summed E-state index contributed by atoms with van der Waals surface area (Å²) in [6.45, 7) is 2.70. The third kappa shape index (κ3) is 2.73. The molecule has 1 atom stereocenters. The SMILES string of the molecule is Cc1nc2ccccc2n1CC(=O)N[C@H]1COc2ccccc2C1. The lowest BCUT2D eigenvalue weighted by Gasteiger charge is -2.26. The van der Waals surface area contributed by atoms with Crippen LogP contribution in [-0.2, 0) is 17.8 Å². The number of hydrogen-bond donors (Lipinski definition) is 1. The fourth-order valence-corrected chi connectivity index (χ4v) is 3.23. The molecular formula is C19H19N3O2. The molecule has 3 aromatic rings. The van der Waals surface area contributed by atoms with E-state index >= 15 is 0 Å². The van der Waals surface area contributed by atoms with Crippen molar-refractivity contribution in [2.24, 2.45) is 0 Å². The number of hydrogen-bond acceptors (Lipinski definition) is 3. The van der Waals surface area contributed by atoms with E-state index in [4.69, 9.17) is 4.74 Å². The molecule has 0 saturated heterocycles. The summed E-state index contributed by atoms with van der Waals surface area (Å²) in [6, 6.07) is 15.8. The second-order valence-electron chi connectivity index (χ2n) is 6.12. The predicted octanol–water partition coefficient (Wildman–Crippen LogP) is 2.46. The van der Waals surface area contributed by atoms with Gasteiger partial charge in [-0.2, -0.15) is 0 Å². The van der Waals surface area contributed by atoms with Gasteiger partial charge in [-0.05, 0) is 37.1 Å². The molecule has 1 aromatic heterocycles. The van der Waals surface area contributed by atoms with Crippen LogP contribution in [0.3, 0.4) is 0 Å². The van der Waals surface area contributed by atoms with Crippen LogP contribution < -0.4 is 10.1 Å². The van der Waals surface area contributed by atoms with E-state index in [1.165, 1.54) is 0 Å². The summed E-state index contributed by atoms with van der Waals surface area (Å²) in [5.41, 5.74) is 3.03. The van der Waals surface area contributed by atoms with Gasteiger partial charge in [0.2, 0.25) is 5.91 Å². The third-order valence-electron chi connectivity index (χ3n) is 4.39. The minimum Gasteiger partial charge on any atom is -0.491 e. The van der Waals surface area contributed by atoms with E-state index in [1.807, 2.05) is 60.0 Å². The number of carbonyl (C=O) groups excluding carboxylic acids is 1. The van der Waals surface area contributed by atoms with E-state index in [1.54, 1.807) is 0 Å². The Hall–Kier alpha value is -2.82. The van der Waals surface area contributed by atoms with Crippen molar-refractivity contribution in [3.63, 3.8) is 0 Å². The van der Waals surface area contributed by atoms with Gasteiger partial charge in [0, 0.05) is 0 Å². The summed E-state index contributed by atoms with van der Waals surface area (Å²) in [4.78, 5) is 17.0. The number of aromatic nitrogens is 2. The number of fused-ring (bicyclic) bond motifs is 2. The van der Waals surface area contributed by atoms with Crippen molar-refractivity contribution in [3.05, 3.63) is 59.9 Å². The first kappa shape index (κ1) is 14.8. The van der Waals surface area contributed by atoms with E-state index in [0.29, 0.717) is 6.61 Å². The number of nitrogens with one attached hydrogen (secondary N) is 1. The molecule has 4 rings (SSSR count). The Kier molecular flexibility index (Phi) is 3.69. The molecule has 1 N–H and O–H groups in total. The number of amides is 1. The van der Waals surface area contributed by atoms with Crippen LogP contribution >= 0.6 is 0 Å². The molecule has 0 aliphatic carbocycles. The summed E-state index contributed by atoms with van der Waals surface area (Å²) < 4.78 is 7.68. The van der Waals surface area contributed by atoms with Gasteiger partial charge in [0.05, 0.1) is 17.1 Å². The van der Waals surface area contributed by atoms with Gasteiger partial charge >= 0.3 is 0 Å². The first-order valence-electron chi connectivity index (χ1n) is 8.12. The second-order valence-corrected chi connectivity index (χ2v) is 6.12.